The summed E-state index contributed by atoms with van der Waals surface area (Å²) in [6.45, 7) is 2.07. The van der Waals surface area contributed by atoms with E-state index in [0.29, 0.717) is 0 Å². The molecule has 0 heterocycles. The van der Waals surface area contributed by atoms with Gasteiger partial charge in [0.05, 0.1) is 5.92 Å². The number of benzene rings is 1. The van der Waals surface area contributed by atoms with Crippen molar-refractivity contribution in [2.75, 3.05) is 0 Å². The normalized spacial score (nSPS) is 11.5. The molecule has 0 saturated carbocycles. The van der Waals surface area contributed by atoms with E-state index in [-0.39, 0.29) is 29.0 Å². The molecule has 0 saturated heterocycles. The van der Waals surface area contributed by atoms with Gasteiger partial charge in [-0.25, -0.2) is 0 Å². The van der Waals surface area contributed by atoms with E-state index in [0.717, 1.165) is 24.8 Å². The van der Waals surface area contributed by atoms with Gasteiger partial charge in [0.1, 0.15) is 0 Å². The number of aliphatic carboxylic acids is 1. The Hall–Kier alpha value is -0.544. The van der Waals surface area contributed by atoms with Crippen LogP contribution in [0.2, 0.25) is 0 Å². The molecular weight excluding hydrogens is 200 g/mol. The number of unbranched alkanes of at least 4 members (excludes halogenated alkanes) is 1. The van der Waals surface area contributed by atoms with Crippen LogP contribution in [0.15, 0.2) is 30.3 Å². The van der Waals surface area contributed by atoms with Gasteiger partial charge < -0.3 is 5.11 Å². The van der Waals surface area contributed by atoms with E-state index >= 15 is 0 Å². The van der Waals surface area contributed by atoms with E-state index in [2.05, 4.69) is 6.92 Å². The number of carbonyl (C=O) groups is 1. The van der Waals surface area contributed by atoms with Crippen molar-refractivity contribution in [2.45, 2.75) is 32.1 Å². The maximum atomic E-state index is 11.0. The van der Waals surface area contributed by atoms with Crippen molar-refractivity contribution in [3.05, 3.63) is 35.9 Å². The Morgan fingerprint density at radius 3 is 2.40 bits per heavy atom. The summed E-state index contributed by atoms with van der Waals surface area (Å²) in [5, 5.41) is 9.05. The summed E-state index contributed by atoms with van der Waals surface area (Å²) in [5.74, 6) is -1.05. The van der Waals surface area contributed by atoms with Gasteiger partial charge in [-0.15, -0.1) is 0 Å². The fourth-order valence-electron chi connectivity index (χ4n) is 1.53. The maximum absolute atomic E-state index is 11.0. The van der Waals surface area contributed by atoms with Crippen molar-refractivity contribution in [3.8, 4) is 0 Å². The van der Waals surface area contributed by atoms with Crippen LogP contribution < -0.4 is 0 Å². The van der Waals surface area contributed by atoms with E-state index in [9.17, 15) is 4.79 Å². The van der Waals surface area contributed by atoms with E-state index in [1.54, 1.807) is 0 Å². The van der Waals surface area contributed by atoms with Gasteiger partial charge in [0, 0.05) is 0 Å². The molecule has 0 fully saturated rings. The van der Waals surface area contributed by atoms with Gasteiger partial charge in [-0.1, -0.05) is 50.1 Å². The first-order valence-corrected chi connectivity index (χ1v) is 5.03. The third kappa shape index (κ3) is 4.67. The Morgan fingerprint density at radius 1 is 1.33 bits per heavy atom. The molecule has 0 aliphatic carbocycles. The number of hydrogen-bond acceptors (Lipinski definition) is 1. The molecule has 1 unspecified atom stereocenters. The van der Waals surface area contributed by atoms with E-state index in [1.165, 1.54) is 0 Å². The van der Waals surface area contributed by atoms with Crippen LogP contribution in [-0.2, 0) is 4.79 Å². The molecule has 2 nitrogen and oxygen atoms in total. The lowest BCUT2D eigenvalue weighted by Gasteiger charge is -2.11. The summed E-state index contributed by atoms with van der Waals surface area (Å²) in [7, 11) is 0. The van der Waals surface area contributed by atoms with Crippen LogP contribution in [0.4, 0.5) is 0 Å². The van der Waals surface area contributed by atoms with E-state index in [1.807, 2.05) is 30.3 Å². The first kappa shape index (κ1) is 14.5. The van der Waals surface area contributed by atoms with Gasteiger partial charge in [-0.05, 0) is 12.0 Å². The summed E-state index contributed by atoms with van der Waals surface area (Å²) < 4.78 is 0. The zero-order valence-electron chi connectivity index (χ0n) is 8.44. The second-order valence-electron chi connectivity index (χ2n) is 3.44. The highest BCUT2D eigenvalue weighted by Gasteiger charge is 2.18. The molecule has 0 bridgehead atoms. The van der Waals surface area contributed by atoms with Gasteiger partial charge in [0.2, 0.25) is 0 Å². The molecule has 0 aromatic heterocycles. The van der Waals surface area contributed by atoms with Crippen molar-refractivity contribution in [2.24, 2.45) is 0 Å². The van der Waals surface area contributed by atoms with Gasteiger partial charge in [-0.3, -0.25) is 4.79 Å². The maximum Gasteiger partial charge on any atom is 0.316 e. The Bertz CT molecular complexity index is 285. The predicted molar refractivity (Wildman–Crippen MR) is 64.9 cm³/mol. The van der Waals surface area contributed by atoms with Gasteiger partial charge in [0.15, 0.2) is 0 Å². The van der Waals surface area contributed by atoms with Crippen LogP contribution in [0, 0.1) is 0 Å². The largest absolute Gasteiger partial charge is 0.481 e. The van der Waals surface area contributed by atoms with Crippen molar-refractivity contribution in [1.82, 2.24) is 0 Å². The summed E-state index contributed by atoms with van der Waals surface area (Å²) in [6.07, 6.45) is 2.73. The Kier molecular flexibility index (Phi) is 7.43. The minimum atomic E-state index is -0.718. The molecule has 0 spiro atoms. The molecule has 80 valence electrons. The third-order valence-electron chi connectivity index (χ3n) is 2.35. The summed E-state index contributed by atoms with van der Waals surface area (Å²) >= 11 is 0. The lowest BCUT2D eigenvalue weighted by atomic mass is 9.94. The second kappa shape index (κ2) is 7.71. The zero-order valence-corrected chi connectivity index (χ0v) is 8.44. The van der Waals surface area contributed by atoms with Gasteiger partial charge in [-0.2, -0.15) is 0 Å². The number of rotatable bonds is 5. The summed E-state index contributed by atoms with van der Waals surface area (Å²) in [6, 6.07) is 9.44. The smallest absolute Gasteiger partial charge is 0.316 e. The predicted octanol–water partition coefficient (Wildman–Crippen LogP) is 2.13. The SMILES string of the molecule is CCCCC(C(=O)O)c1ccccc1.[MgH2]. The highest BCUT2D eigenvalue weighted by molar-refractivity contribution is 5.76. The van der Waals surface area contributed by atoms with Crippen LogP contribution in [0.25, 0.3) is 0 Å². The van der Waals surface area contributed by atoms with E-state index in [4.69, 9.17) is 5.11 Å². The van der Waals surface area contributed by atoms with Crippen LogP contribution in [0.5, 0.6) is 0 Å². The van der Waals surface area contributed by atoms with Gasteiger partial charge in [0.25, 0.3) is 0 Å². The lowest BCUT2D eigenvalue weighted by Crippen LogP contribution is -2.11. The second-order valence-corrected chi connectivity index (χ2v) is 3.44. The quantitative estimate of drug-likeness (QED) is 0.769. The van der Waals surface area contributed by atoms with Crippen molar-refractivity contribution in [1.29, 1.82) is 0 Å². The van der Waals surface area contributed by atoms with Crippen molar-refractivity contribution in [3.63, 3.8) is 0 Å². The molecule has 0 amide bonds. The molecule has 0 aliphatic rings. The molecule has 1 atom stereocenters. The first-order chi connectivity index (χ1) is 6.75. The fraction of sp³-hybridized carbons (Fsp3) is 0.417. The number of hydrogen-bond donors (Lipinski definition) is 1. The molecule has 3 heteroatoms. The Balaban J connectivity index is 0.00000196. The number of carboxylic acid groups (broad SMARTS) is 1. The molecular formula is C12H18MgO2. The van der Waals surface area contributed by atoms with Crippen LogP contribution in [0.1, 0.15) is 37.7 Å². The van der Waals surface area contributed by atoms with Crippen molar-refractivity contribution < 1.29 is 9.90 Å². The fourth-order valence-corrected chi connectivity index (χ4v) is 1.53. The standard InChI is InChI=1S/C12H16O2.Mg.2H/c1-2-3-9-11(12(13)14)10-7-5-4-6-8-10;;;/h4-8,11H,2-3,9H2,1H3,(H,13,14);;;. The van der Waals surface area contributed by atoms with Crippen LogP contribution in [-0.4, -0.2) is 34.1 Å². The van der Waals surface area contributed by atoms with Gasteiger partial charge >= 0.3 is 29.0 Å². The zero-order chi connectivity index (χ0) is 10.4. The molecule has 1 aromatic rings. The average molecular weight is 219 g/mol. The van der Waals surface area contributed by atoms with Crippen molar-refractivity contribution >= 4 is 29.0 Å². The molecule has 1 rings (SSSR count). The summed E-state index contributed by atoms with van der Waals surface area (Å²) in [5.41, 5.74) is 0.911. The molecule has 0 aliphatic heterocycles. The highest BCUT2D eigenvalue weighted by Crippen LogP contribution is 2.21. The number of carboxylic acids is 1. The average Bonchev–Trinajstić information content (AvgIpc) is 2.19. The van der Waals surface area contributed by atoms with Crippen LogP contribution in [0.3, 0.4) is 0 Å². The Morgan fingerprint density at radius 2 is 1.93 bits per heavy atom. The third-order valence-corrected chi connectivity index (χ3v) is 2.35. The lowest BCUT2D eigenvalue weighted by molar-refractivity contribution is -0.139. The topological polar surface area (TPSA) is 37.3 Å². The molecule has 1 aromatic carbocycles. The monoisotopic (exact) mass is 218 g/mol. The van der Waals surface area contributed by atoms with Crippen LogP contribution >= 0.6 is 0 Å². The molecule has 15 heavy (non-hydrogen) atoms. The van der Waals surface area contributed by atoms with E-state index < -0.39 is 5.97 Å². The first-order valence-electron chi connectivity index (χ1n) is 5.03. The summed E-state index contributed by atoms with van der Waals surface area (Å²) in [4.78, 5) is 11.0. The molecule has 1 N–H and O–H groups in total. The Labute approximate surface area is 107 Å². The highest BCUT2D eigenvalue weighted by atomic mass is 24.3. The molecule has 0 radical (unpaired) electrons. The minimum absolute atomic E-state index is 0. The minimum Gasteiger partial charge on any atom is -0.481 e.